The maximum atomic E-state index is 14.1. The van der Waals surface area contributed by atoms with Gasteiger partial charge in [-0.1, -0.05) is 56.1 Å². The fourth-order valence-corrected chi connectivity index (χ4v) is 5.95. The number of anilines is 1. The van der Waals surface area contributed by atoms with E-state index in [1.165, 1.54) is 53.4 Å². The Labute approximate surface area is 252 Å². The van der Waals surface area contributed by atoms with Gasteiger partial charge in [0, 0.05) is 18.1 Å². The number of ether oxygens (including phenoxy) is 1. The SMILES string of the molecule is CCCCNC(=O)[C@@H](CC)N(Cc1ccc(F)cc1)C(=O)CN(c1ccccc1OCC)S(=O)(=O)c1ccc(Cl)cc1. The topological polar surface area (TPSA) is 96.0 Å². The number of hydrogen-bond donors (Lipinski definition) is 1. The van der Waals surface area contributed by atoms with Crippen LogP contribution >= 0.6 is 11.6 Å². The van der Waals surface area contributed by atoms with Crippen molar-refractivity contribution >= 4 is 39.1 Å². The van der Waals surface area contributed by atoms with Gasteiger partial charge in [-0.15, -0.1) is 0 Å². The van der Waals surface area contributed by atoms with E-state index in [1.807, 2.05) is 6.92 Å². The number of rotatable bonds is 15. The number of benzene rings is 3. The van der Waals surface area contributed by atoms with Crippen LogP contribution in [0.25, 0.3) is 0 Å². The van der Waals surface area contributed by atoms with Crippen molar-refractivity contribution < 1.29 is 27.1 Å². The molecule has 3 rings (SSSR count). The van der Waals surface area contributed by atoms with Crippen molar-refractivity contribution in [3.63, 3.8) is 0 Å². The van der Waals surface area contributed by atoms with Crippen LogP contribution in [0.1, 0.15) is 45.6 Å². The molecule has 0 spiro atoms. The standard InChI is InChI=1S/C31H37ClFN3O5S/c1-4-7-20-34-31(38)27(5-2)35(21-23-12-16-25(33)17-13-23)30(37)22-36(28-10-8-9-11-29(28)41-6-3)42(39,40)26-18-14-24(32)15-19-26/h8-19,27H,4-7,20-22H2,1-3H3,(H,34,38)/t27-/m1/s1. The third-order valence-corrected chi connectivity index (χ3v) is 8.62. The van der Waals surface area contributed by atoms with Gasteiger partial charge in [0.15, 0.2) is 0 Å². The zero-order chi connectivity index (χ0) is 30.7. The zero-order valence-electron chi connectivity index (χ0n) is 24.1. The third-order valence-electron chi connectivity index (χ3n) is 6.60. The fraction of sp³-hybridized carbons (Fsp3) is 0.355. The minimum Gasteiger partial charge on any atom is -0.492 e. The summed E-state index contributed by atoms with van der Waals surface area (Å²) in [7, 11) is -4.29. The highest BCUT2D eigenvalue weighted by Gasteiger charge is 2.34. The Kier molecular flexibility index (Phi) is 12.2. The van der Waals surface area contributed by atoms with E-state index in [9.17, 15) is 22.4 Å². The Morgan fingerprint density at radius 1 is 0.976 bits per heavy atom. The van der Waals surface area contributed by atoms with Crippen molar-refractivity contribution in [1.82, 2.24) is 10.2 Å². The monoisotopic (exact) mass is 617 g/mol. The second-order valence-corrected chi connectivity index (χ2v) is 11.9. The molecule has 1 atom stereocenters. The number of sulfonamides is 1. The lowest BCUT2D eigenvalue weighted by molar-refractivity contribution is -0.140. The van der Waals surface area contributed by atoms with E-state index in [0.717, 1.165) is 17.1 Å². The van der Waals surface area contributed by atoms with Crippen LogP contribution in [-0.2, 0) is 26.2 Å². The van der Waals surface area contributed by atoms with Crippen LogP contribution in [0.15, 0.2) is 77.7 Å². The molecule has 0 radical (unpaired) electrons. The predicted molar refractivity (Wildman–Crippen MR) is 163 cm³/mol. The molecule has 0 fully saturated rings. The zero-order valence-corrected chi connectivity index (χ0v) is 25.6. The first-order chi connectivity index (χ1) is 20.1. The van der Waals surface area contributed by atoms with Gasteiger partial charge in [-0.05, 0) is 73.9 Å². The number of nitrogens with one attached hydrogen (secondary N) is 1. The maximum Gasteiger partial charge on any atom is 0.264 e. The van der Waals surface area contributed by atoms with Crippen molar-refractivity contribution in [3.05, 3.63) is 89.2 Å². The van der Waals surface area contributed by atoms with Gasteiger partial charge >= 0.3 is 0 Å². The normalized spacial score (nSPS) is 11.9. The van der Waals surface area contributed by atoms with E-state index < -0.39 is 34.3 Å². The smallest absolute Gasteiger partial charge is 0.264 e. The first-order valence-corrected chi connectivity index (χ1v) is 15.8. The Morgan fingerprint density at radius 2 is 1.64 bits per heavy atom. The van der Waals surface area contributed by atoms with Crippen LogP contribution < -0.4 is 14.4 Å². The summed E-state index contributed by atoms with van der Waals surface area (Å²) in [6, 6.07) is 16.9. The number of amides is 2. The molecule has 8 nitrogen and oxygen atoms in total. The molecule has 42 heavy (non-hydrogen) atoms. The molecular weight excluding hydrogens is 581 g/mol. The van der Waals surface area contributed by atoms with E-state index in [0.29, 0.717) is 17.1 Å². The molecule has 0 aliphatic heterocycles. The highest BCUT2D eigenvalue weighted by Crippen LogP contribution is 2.33. The predicted octanol–water partition coefficient (Wildman–Crippen LogP) is 5.80. The Balaban J connectivity index is 2.08. The molecule has 1 N–H and O–H groups in total. The van der Waals surface area contributed by atoms with Crippen LogP contribution in [0.5, 0.6) is 5.75 Å². The highest BCUT2D eigenvalue weighted by molar-refractivity contribution is 7.92. The molecule has 0 saturated heterocycles. The Bertz CT molecular complexity index is 1440. The summed E-state index contributed by atoms with van der Waals surface area (Å²) in [6.07, 6.45) is 1.94. The van der Waals surface area contributed by atoms with Crippen molar-refractivity contribution in [2.24, 2.45) is 0 Å². The van der Waals surface area contributed by atoms with E-state index in [4.69, 9.17) is 16.3 Å². The number of para-hydroxylation sites is 2. The maximum absolute atomic E-state index is 14.1. The molecule has 0 aliphatic rings. The Morgan fingerprint density at radius 3 is 2.26 bits per heavy atom. The minimum absolute atomic E-state index is 0.0270. The lowest BCUT2D eigenvalue weighted by atomic mass is 10.1. The van der Waals surface area contributed by atoms with Gasteiger partial charge in [0.05, 0.1) is 17.2 Å². The van der Waals surface area contributed by atoms with Gasteiger partial charge in [-0.2, -0.15) is 0 Å². The van der Waals surface area contributed by atoms with Crippen molar-refractivity contribution in [2.45, 2.75) is 57.5 Å². The van der Waals surface area contributed by atoms with Gasteiger partial charge in [0.2, 0.25) is 11.8 Å². The first kappa shape index (κ1) is 32.9. The quantitative estimate of drug-likeness (QED) is 0.218. The summed E-state index contributed by atoms with van der Waals surface area (Å²) in [5, 5.41) is 3.24. The number of unbranched alkanes of at least 4 members (excludes halogenated alkanes) is 1. The second-order valence-electron chi connectivity index (χ2n) is 9.58. The third kappa shape index (κ3) is 8.45. The second kappa shape index (κ2) is 15.6. The molecule has 226 valence electrons. The van der Waals surface area contributed by atoms with Gasteiger partial charge in [0.1, 0.15) is 24.2 Å². The first-order valence-electron chi connectivity index (χ1n) is 13.9. The number of hydrogen-bond acceptors (Lipinski definition) is 5. The summed E-state index contributed by atoms with van der Waals surface area (Å²) in [6.45, 7) is 5.63. The Hall–Kier alpha value is -3.63. The van der Waals surface area contributed by atoms with Crippen LogP contribution in [0.4, 0.5) is 10.1 Å². The van der Waals surface area contributed by atoms with E-state index in [2.05, 4.69) is 5.32 Å². The average molecular weight is 618 g/mol. The van der Waals surface area contributed by atoms with Gasteiger partial charge in [0.25, 0.3) is 10.0 Å². The van der Waals surface area contributed by atoms with Crippen LogP contribution in [-0.4, -0.2) is 50.9 Å². The molecule has 3 aromatic rings. The lowest BCUT2D eigenvalue weighted by Crippen LogP contribution is -2.52. The summed E-state index contributed by atoms with van der Waals surface area (Å²) in [4.78, 5) is 28.7. The van der Waals surface area contributed by atoms with Crippen molar-refractivity contribution in [2.75, 3.05) is 24.0 Å². The summed E-state index contributed by atoms with van der Waals surface area (Å²) in [5.74, 6) is -1.11. The van der Waals surface area contributed by atoms with Gasteiger partial charge in [-0.3, -0.25) is 13.9 Å². The van der Waals surface area contributed by atoms with E-state index >= 15 is 0 Å². The number of carbonyl (C=O) groups excluding carboxylic acids is 2. The van der Waals surface area contributed by atoms with Crippen LogP contribution in [0.2, 0.25) is 5.02 Å². The molecule has 0 aromatic heterocycles. The molecule has 0 saturated carbocycles. The summed E-state index contributed by atoms with van der Waals surface area (Å²) >= 11 is 6.01. The van der Waals surface area contributed by atoms with Crippen LogP contribution in [0.3, 0.4) is 0 Å². The molecular formula is C31H37ClFN3O5S. The van der Waals surface area contributed by atoms with E-state index in [1.54, 1.807) is 38.1 Å². The summed E-state index contributed by atoms with van der Waals surface area (Å²) < 4.78 is 48.4. The fourth-order valence-electron chi connectivity index (χ4n) is 4.40. The molecule has 0 unspecified atom stereocenters. The van der Waals surface area contributed by atoms with Gasteiger partial charge < -0.3 is 15.0 Å². The molecule has 3 aromatic carbocycles. The van der Waals surface area contributed by atoms with Crippen molar-refractivity contribution in [3.8, 4) is 5.75 Å². The minimum atomic E-state index is -4.29. The molecule has 11 heteroatoms. The molecule has 0 aliphatic carbocycles. The highest BCUT2D eigenvalue weighted by atomic mass is 35.5. The largest absolute Gasteiger partial charge is 0.492 e. The average Bonchev–Trinajstić information content (AvgIpc) is 2.97. The van der Waals surface area contributed by atoms with Gasteiger partial charge in [-0.25, -0.2) is 12.8 Å². The molecule has 0 bridgehead atoms. The summed E-state index contributed by atoms with van der Waals surface area (Å²) in [5.41, 5.74) is 0.760. The lowest BCUT2D eigenvalue weighted by Gasteiger charge is -2.33. The molecule has 2 amide bonds. The molecule has 0 heterocycles. The number of nitrogens with zero attached hydrogens (tertiary/aromatic N) is 2. The van der Waals surface area contributed by atoms with E-state index in [-0.39, 0.29) is 41.8 Å². The van der Waals surface area contributed by atoms with Crippen LogP contribution in [0, 0.1) is 5.82 Å². The number of carbonyl (C=O) groups is 2. The van der Waals surface area contributed by atoms with Crippen molar-refractivity contribution in [1.29, 1.82) is 0 Å². The number of halogens is 2.